The Morgan fingerprint density at radius 3 is 1.85 bits per heavy atom. The highest BCUT2D eigenvalue weighted by Gasteiger charge is 2.32. The second-order valence-electron chi connectivity index (χ2n) is 10.9. The molecule has 1 atom stereocenters. The summed E-state index contributed by atoms with van der Waals surface area (Å²) in [6.45, 7) is 0.832. The Bertz CT molecular complexity index is 2050. The maximum absolute atomic E-state index is 15.4. The lowest BCUT2D eigenvalue weighted by Gasteiger charge is -2.26. The van der Waals surface area contributed by atoms with Gasteiger partial charge in [0.1, 0.15) is 21.9 Å². The molecule has 0 spiro atoms. The highest BCUT2D eigenvalue weighted by molar-refractivity contribution is 6.32. The average Bonchev–Trinajstić information content (AvgIpc) is 3.43. The van der Waals surface area contributed by atoms with Crippen LogP contribution in [0.5, 0.6) is 11.5 Å². The molecule has 0 fully saturated rings. The van der Waals surface area contributed by atoms with Crippen LogP contribution in [0.4, 0.5) is 20.2 Å². The minimum Gasteiger partial charge on any atom is -0.490 e. The second kappa shape index (κ2) is 11.9. The first kappa shape index (κ1) is 31.3. The molecule has 0 bridgehead atoms. The van der Waals surface area contributed by atoms with Crippen molar-refractivity contribution in [2.45, 2.75) is 45.4 Å². The van der Waals surface area contributed by atoms with Crippen LogP contribution in [0.2, 0.25) is 10.3 Å². The summed E-state index contributed by atoms with van der Waals surface area (Å²) in [7, 11) is 1.14. The van der Waals surface area contributed by atoms with Gasteiger partial charge in [0, 0.05) is 67.5 Å². The average molecular weight is 681 g/mol. The SMILES string of the molecule is COc1cc(F)c(-c2c(Cl)n3n(c2=O)CC(COc2cc(F)c(-c4c(Cl)n5n(c4=O)CCCC5)cc2[N+](=O)[O-])CC3)cc1[N+](=O)[O-]. The molecule has 0 N–H and O–H groups in total. The number of halogens is 4. The van der Waals surface area contributed by atoms with Crippen LogP contribution in [0.25, 0.3) is 22.3 Å². The van der Waals surface area contributed by atoms with Crippen molar-refractivity contribution in [1.29, 1.82) is 0 Å². The molecule has 1 unspecified atom stereocenters. The smallest absolute Gasteiger partial charge is 0.311 e. The molecule has 0 aliphatic carbocycles. The normalized spacial score (nSPS) is 15.7. The Balaban J connectivity index is 1.27. The Labute approximate surface area is 267 Å². The number of nitro benzene ring substituents is 2. The van der Waals surface area contributed by atoms with Gasteiger partial charge in [0.15, 0.2) is 11.5 Å². The first-order valence-electron chi connectivity index (χ1n) is 14.0. The van der Waals surface area contributed by atoms with Gasteiger partial charge < -0.3 is 9.47 Å². The van der Waals surface area contributed by atoms with Crippen LogP contribution in [0, 0.1) is 37.8 Å². The molecule has 14 nitrogen and oxygen atoms in total. The molecule has 0 radical (unpaired) electrons. The summed E-state index contributed by atoms with van der Waals surface area (Å²) in [6, 6.07) is 3.43. The van der Waals surface area contributed by atoms with Crippen molar-refractivity contribution in [3.63, 3.8) is 0 Å². The molecule has 0 saturated carbocycles. The number of methoxy groups -OCH3 is 1. The maximum Gasteiger partial charge on any atom is 0.311 e. The number of rotatable bonds is 8. The first-order chi connectivity index (χ1) is 21.9. The van der Waals surface area contributed by atoms with Crippen molar-refractivity contribution >= 4 is 34.6 Å². The fourth-order valence-corrected chi connectivity index (χ4v) is 6.68. The number of nitro groups is 2. The zero-order chi connectivity index (χ0) is 33.0. The van der Waals surface area contributed by atoms with Crippen LogP contribution in [-0.4, -0.2) is 42.3 Å². The number of nitrogens with zero attached hydrogens (tertiary/aromatic N) is 6. The molecular formula is C28H24Cl2F2N6O8. The molecule has 2 aromatic carbocycles. The summed E-state index contributed by atoms with van der Waals surface area (Å²) >= 11 is 12.9. The van der Waals surface area contributed by atoms with Crippen LogP contribution in [0.15, 0.2) is 33.9 Å². The molecule has 2 aromatic heterocycles. The minimum atomic E-state index is -0.952. The molecule has 18 heteroatoms. The Hall–Kier alpha value is -4.70. The molecule has 0 saturated heterocycles. The molecule has 6 rings (SSSR count). The van der Waals surface area contributed by atoms with Gasteiger partial charge in [0.2, 0.25) is 0 Å². The van der Waals surface area contributed by atoms with E-state index >= 15 is 8.78 Å². The molecule has 2 aliphatic rings. The predicted octanol–water partition coefficient (Wildman–Crippen LogP) is 5.25. The van der Waals surface area contributed by atoms with Gasteiger partial charge >= 0.3 is 11.4 Å². The van der Waals surface area contributed by atoms with E-state index in [2.05, 4.69) is 0 Å². The molecule has 46 heavy (non-hydrogen) atoms. The third-order valence-corrected chi connectivity index (χ3v) is 9.01. The van der Waals surface area contributed by atoms with E-state index in [0.29, 0.717) is 19.5 Å². The zero-order valence-electron chi connectivity index (χ0n) is 24.0. The highest BCUT2D eigenvalue weighted by Crippen LogP contribution is 2.39. The monoisotopic (exact) mass is 680 g/mol. The summed E-state index contributed by atoms with van der Waals surface area (Å²) in [5, 5.41) is 23.4. The van der Waals surface area contributed by atoms with Crippen LogP contribution >= 0.6 is 23.2 Å². The van der Waals surface area contributed by atoms with Crippen LogP contribution in [-0.2, 0) is 26.2 Å². The molecule has 4 aromatic rings. The highest BCUT2D eigenvalue weighted by atomic mass is 35.5. The quantitative estimate of drug-likeness (QED) is 0.180. The molecule has 4 heterocycles. The Morgan fingerprint density at radius 2 is 1.30 bits per heavy atom. The van der Waals surface area contributed by atoms with Gasteiger partial charge in [-0.2, -0.15) is 0 Å². The summed E-state index contributed by atoms with van der Waals surface area (Å²) in [6.07, 6.45) is 1.88. The number of hydrogen-bond donors (Lipinski definition) is 0. The minimum absolute atomic E-state index is 0.00452. The van der Waals surface area contributed by atoms with Gasteiger partial charge in [-0.05, 0) is 19.3 Å². The van der Waals surface area contributed by atoms with Gasteiger partial charge in [0.05, 0.1) is 34.7 Å². The largest absolute Gasteiger partial charge is 0.490 e. The molecule has 0 amide bonds. The number of ether oxygens (including phenoxy) is 2. The van der Waals surface area contributed by atoms with Crippen LogP contribution in [0.3, 0.4) is 0 Å². The lowest BCUT2D eigenvalue weighted by atomic mass is 10.1. The van der Waals surface area contributed by atoms with Gasteiger partial charge in [-0.3, -0.25) is 39.2 Å². The van der Waals surface area contributed by atoms with E-state index in [1.807, 2.05) is 0 Å². The molecule has 2 aliphatic heterocycles. The van der Waals surface area contributed by atoms with E-state index in [0.717, 1.165) is 44.2 Å². The van der Waals surface area contributed by atoms with Gasteiger partial charge in [0.25, 0.3) is 11.1 Å². The van der Waals surface area contributed by atoms with Crippen LogP contribution < -0.4 is 20.6 Å². The van der Waals surface area contributed by atoms with Crippen molar-refractivity contribution in [2.75, 3.05) is 13.7 Å². The Morgan fingerprint density at radius 1 is 0.804 bits per heavy atom. The van der Waals surface area contributed by atoms with Gasteiger partial charge in [-0.1, -0.05) is 23.2 Å². The third-order valence-electron chi connectivity index (χ3n) is 8.24. The van der Waals surface area contributed by atoms with Crippen LogP contribution in [0.1, 0.15) is 19.3 Å². The second-order valence-corrected chi connectivity index (χ2v) is 11.6. The van der Waals surface area contributed by atoms with Gasteiger partial charge in [-0.15, -0.1) is 0 Å². The topological polar surface area (TPSA) is 159 Å². The summed E-state index contributed by atoms with van der Waals surface area (Å²) < 4.78 is 46.6. The number of aromatic nitrogens is 4. The predicted molar refractivity (Wildman–Crippen MR) is 161 cm³/mol. The lowest BCUT2D eigenvalue weighted by molar-refractivity contribution is -0.386. The van der Waals surface area contributed by atoms with Gasteiger partial charge in [-0.25, -0.2) is 18.1 Å². The van der Waals surface area contributed by atoms with E-state index in [-0.39, 0.29) is 63.8 Å². The summed E-state index contributed by atoms with van der Waals surface area (Å²) in [4.78, 5) is 48.4. The van der Waals surface area contributed by atoms with Crippen molar-refractivity contribution in [2.24, 2.45) is 5.92 Å². The fourth-order valence-electron chi connectivity index (χ4n) is 5.96. The maximum atomic E-state index is 15.4. The standard InChI is InChI=1S/C28H24Cl2F2N6O8/c1-45-21-10-17(31)15(8-19(21)37(41)42)24-26(30)34-7-4-14(12-36(34)28(24)40)13-46-22-11-18(32)16(9-20(22)38(43)44)23-25(29)33-5-2-3-6-35(33)27(23)39/h8-11,14H,2-7,12-13H2,1H3. The van der Waals surface area contributed by atoms with E-state index in [9.17, 15) is 29.8 Å². The van der Waals surface area contributed by atoms with Crippen molar-refractivity contribution in [3.05, 3.63) is 87.1 Å². The molecule has 242 valence electrons. The number of fused-ring (bicyclic) bond motifs is 2. The van der Waals surface area contributed by atoms with Crippen molar-refractivity contribution < 1.29 is 28.1 Å². The summed E-state index contributed by atoms with van der Waals surface area (Å²) in [5.74, 6) is -3.02. The number of benzene rings is 2. The third kappa shape index (κ3) is 5.10. The molecular weight excluding hydrogens is 657 g/mol. The fraction of sp³-hybridized carbons (Fsp3) is 0.357. The first-order valence-corrected chi connectivity index (χ1v) is 14.8. The van der Waals surface area contributed by atoms with E-state index < -0.39 is 49.9 Å². The van der Waals surface area contributed by atoms with Crippen molar-refractivity contribution in [1.82, 2.24) is 18.7 Å². The van der Waals surface area contributed by atoms with Crippen molar-refractivity contribution in [3.8, 4) is 33.8 Å². The van der Waals surface area contributed by atoms with E-state index in [1.165, 1.54) is 18.7 Å². The summed E-state index contributed by atoms with van der Waals surface area (Å²) in [5.41, 5.74) is -3.55. The lowest BCUT2D eigenvalue weighted by Crippen LogP contribution is -2.35. The van der Waals surface area contributed by atoms with E-state index in [1.54, 1.807) is 0 Å². The Kier molecular flexibility index (Phi) is 8.10. The van der Waals surface area contributed by atoms with E-state index in [4.69, 9.17) is 32.7 Å². The number of hydrogen-bond acceptors (Lipinski definition) is 8. The zero-order valence-corrected chi connectivity index (χ0v) is 25.5.